The zero-order chi connectivity index (χ0) is 13.0. The fraction of sp³-hybridized carbons (Fsp3) is 0.200. The number of anilines is 1. The molecule has 1 aromatic carbocycles. The molecule has 2 N–H and O–H groups in total. The highest BCUT2D eigenvalue weighted by Crippen LogP contribution is 2.17. The second-order valence-corrected chi connectivity index (χ2v) is 5.78. The van der Waals surface area contributed by atoms with Crippen LogP contribution in [0, 0.1) is 0 Å². The lowest BCUT2D eigenvalue weighted by Gasteiger charge is -1.97. The summed E-state index contributed by atoms with van der Waals surface area (Å²) in [6.45, 7) is 0. The lowest BCUT2D eigenvalue weighted by molar-refractivity contribution is 0.489. The van der Waals surface area contributed by atoms with Gasteiger partial charge in [-0.3, -0.25) is 4.55 Å². The Morgan fingerprint density at radius 1 is 1.17 bits per heavy atom. The molecule has 0 saturated heterocycles. The van der Waals surface area contributed by atoms with Crippen LogP contribution in [0.4, 0.5) is 5.13 Å². The van der Waals surface area contributed by atoms with Gasteiger partial charge in [0, 0.05) is 6.42 Å². The van der Waals surface area contributed by atoms with E-state index in [1.807, 2.05) is 35.1 Å². The van der Waals surface area contributed by atoms with E-state index in [1.54, 1.807) is 0 Å². The first kappa shape index (κ1) is 12.9. The van der Waals surface area contributed by atoms with Gasteiger partial charge in [0.2, 0.25) is 5.13 Å². The summed E-state index contributed by atoms with van der Waals surface area (Å²) in [7, 11) is -4.27. The highest BCUT2D eigenvalue weighted by molar-refractivity contribution is 7.87. The second-order valence-electron chi connectivity index (χ2n) is 3.56. The predicted molar refractivity (Wildman–Crippen MR) is 68.9 cm³/mol. The number of nitrogens with one attached hydrogen (secondary N) is 1. The van der Waals surface area contributed by atoms with Crippen molar-refractivity contribution in [2.45, 2.75) is 12.8 Å². The highest BCUT2D eigenvalue weighted by Gasteiger charge is 2.09. The Kier molecular flexibility index (Phi) is 3.90. The molecular formula is C10H11N3O3S2. The summed E-state index contributed by atoms with van der Waals surface area (Å²) >= 11 is 1.11. The van der Waals surface area contributed by atoms with Crippen LogP contribution in [0.5, 0.6) is 0 Å². The van der Waals surface area contributed by atoms with E-state index in [9.17, 15) is 8.42 Å². The summed E-state index contributed by atoms with van der Waals surface area (Å²) in [5, 5.41) is 8.26. The first-order valence-corrected chi connectivity index (χ1v) is 7.40. The SMILES string of the molecule is O=S(=O)(O)Nc1nnc(CCc2ccccc2)s1. The van der Waals surface area contributed by atoms with Crippen molar-refractivity contribution >= 4 is 26.8 Å². The number of hydrogen-bond acceptors (Lipinski definition) is 5. The molecule has 0 bridgehead atoms. The van der Waals surface area contributed by atoms with Gasteiger partial charge < -0.3 is 0 Å². The lowest BCUT2D eigenvalue weighted by atomic mass is 10.1. The summed E-state index contributed by atoms with van der Waals surface area (Å²) in [5.41, 5.74) is 1.18. The van der Waals surface area contributed by atoms with Crippen molar-refractivity contribution in [3.05, 3.63) is 40.9 Å². The molecule has 0 fully saturated rings. The molecule has 0 radical (unpaired) electrons. The maximum Gasteiger partial charge on any atom is 0.359 e. The normalized spacial score (nSPS) is 11.4. The van der Waals surface area contributed by atoms with Gasteiger partial charge >= 0.3 is 10.3 Å². The van der Waals surface area contributed by atoms with Crippen molar-refractivity contribution in [2.75, 3.05) is 4.72 Å². The van der Waals surface area contributed by atoms with Gasteiger partial charge in [-0.05, 0) is 12.0 Å². The van der Waals surface area contributed by atoms with E-state index in [1.165, 1.54) is 5.56 Å². The van der Waals surface area contributed by atoms with Gasteiger partial charge in [0.1, 0.15) is 5.01 Å². The number of nitrogens with zero attached hydrogens (tertiary/aromatic N) is 2. The largest absolute Gasteiger partial charge is 0.359 e. The standard InChI is InChI=1S/C10H11N3O3S2/c14-18(15,16)13-10-12-11-9(17-10)7-6-8-4-2-1-3-5-8/h1-5H,6-7H2,(H,12,13)(H,14,15,16). The minimum absolute atomic E-state index is 0.0700. The Bertz CT molecular complexity index is 610. The van der Waals surface area contributed by atoms with E-state index in [4.69, 9.17) is 4.55 Å². The zero-order valence-corrected chi connectivity index (χ0v) is 10.9. The molecule has 1 heterocycles. The van der Waals surface area contributed by atoms with Gasteiger partial charge in [-0.1, -0.05) is 41.7 Å². The molecule has 96 valence electrons. The molecule has 6 nitrogen and oxygen atoms in total. The molecule has 2 aromatic rings. The van der Waals surface area contributed by atoms with E-state index in [0.29, 0.717) is 11.4 Å². The molecule has 0 atom stereocenters. The quantitative estimate of drug-likeness (QED) is 0.813. The number of aromatic nitrogens is 2. The van der Waals surface area contributed by atoms with Crippen LogP contribution in [0.15, 0.2) is 30.3 Å². The molecule has 8 heteroatoms. The van der Waals surface area contributed by atoms with Crippen molar-refractivity contribution < 1.29 is 13.0 Å². The van der Waals surface area contributed by atoms with Crippen LogP contribution in [0.2, 0.25) is 0 Å². The van der Waals surface area contributed by atoms with Gasteiger partial charge in [0.15, 0.2) is 0 Å². The molecule has 18 heavy (non-hydrogen) atoms. The maximum atomic E-state index is 10.6. The van der Waals surface area contributed by atoms with Crippen LogP contribution in [-0.2, 0) is 23.1 Å². The number of hydrogen-bond donors (Lipinski definition) is 2. The van der Waals surface area contributed by atoms with E-state index < -0.39 is 10.3 Å². The first-order valence-electron chi connectivity index (χ1n) is 5.14. The second kappa shape index (κ2) is 5.42. The summed E-state index contributed by atoms with van der Waals surface area (Å²) in [4.78, 5) is 0. The maximum absolute atomic E-state index is 10.6. The fourth-order valence-corrected chi connectivity index (χ4v) is 2.74. The Hall–Kier alpha value is -1.51. The van der Waals surface area contributed by atoms with Crippen molar-refractivity contribution in [1.82, 2.24) is 10.2 Å². The Balaban J connectivity index is 1.95. The number of rotatable bonds is 5. The van der Waals surface area contributed by atoms with Crippen molar-refractivity contribution in [3.63, 3.8) is 0 Å². The summed E-state index contributed by atoms with van der Waals surface area (Å²) in [6.07, 6.45) is 1.48. The molecule has 0 aliphatic heterocycles. The van der Waals surface area contributed by atoms with Crippen LogP contribution in [-0.4, -0.2) is 23.2 Å². The third kappa shape index (κ3) is 4.06. The number of benzene rings is 1. The minimum Gasteiger partial charge on any atom is -0.269 e. The van der Waals surface area contributed by atoms with E-state index in [0.717, 1.165) is 17.8 Å². The molecule has 2 rings (SSSR count). The number of aryl methyl sites for hydroxylation is 2. The van der Waals surface area contributed by atoms with Crippen LogP contribution < -0.4 is 4.72 Å². The average molecular weight is 285 g/mol. The minimum atomic E-state index is -4.27. The monoisotopic (exact) mass is 285 g/mol. The molecule has 0 unspecified atom stereocenters. The topological polar surface area (TPSA) is 92.2 Å². The van der Waals surface area contributed by atoms with Gasteiger partial charge in [-0.15, -0.1) is 10.2 Å². The van der Waals surface area contributed by atoms with Crippen molar-refractivity contribution in [2.24, 2.45) is 0 Å². The molecule has 0 aliphatic rings. The third-order valence-electron chi connectivity index (χ3n) is 2.15. The predicted octanol–water partition coefficient (Wildman–Crippen LogP) is 1.54. The lowest BCUT2D eigenvalue weighted by Crippen LogP contribution is -2.09. The molecule has 0 aliphatic carbocycles. The van der Waals surface area contributed by atoms with E-state index in [-0.39, 0.29) is 5.13 Å². The van der Waals surface area contributed by atoms with Crippen molar-refractivity contribution in [1.29, 1.82) is 0 Å². The van der Waals surface area contributed by atoms with E-state index in [2.05, 4.69) is 10.2 Å². The van der Waals surface area contributed by atoms with Crippen molar-refractivity contribution in [3.8, 4) is 0 Å². The van der Waals surface area contributed by atoms with Gasteiger partial charge in [0.25, 0.3) is 0 Å². The Labute approximate surface area is 109 Å². The Morgan fingerprint density at radius 3 is 2.56 bits per heavy atom. The highest BCUT2D eigenvalue weighted by atomic mass is 32.2. The van der Waals surface area contributed by atoms with Crippen LogP contribution in [0.3, 0.4) is 0 Å². The van der Waals surface area contributed by atoms with Gasteiger partial charge in [-0.25, -0.2) is 4.72 Å². The van der Waals surface area contributed by atoms with Gasteiger partial charge in [0.05, 0.1) is 0 Å². The van der Waals surface area contributed by atoms with Gasteiger partial charge in [-0.2, -0.15) is 8.42 Å². The zero-order valence-electron chi connectivity index (χ0n) is 9.28. The average Bonchev–Trinajstić information content (AvgIpc) is 2.73. The van der Waals surface area contributed by atoms with Crippen LogP contribution in [0.25, 0.3) is 0 Å². The first-order chi connectivity index (χ1) is 8.53. The molecule has 0 saturated carbocycles. The van der Waals surface area contributed by atoms with Crippen LogP contribution >= 0.6 is 11.3 Å². The molecule has 1 aromatic heterocycles. The summed E-state index contributed by atoms with van der Waals surface area (Å²) in [6, 6.07) is 9.89. The molecule has 0 spiro atoms. The summed E-state index contributed by atoms with van der Waals surface area (Å²) < 4.78 is 31.6. The molecule has 0 amide bonds. The van der Waals surface area contributed by atoms with Crippen LogP contribution in [0.1, 0.15) is 10.6 Å². The smallest absolute Gasteiger partial charge is 0.269 e. The third-order valence-corrected chi connectivity index (χ3v) is 3.63. The fourth-order valence-electron chi connectivity index (χ4n) is 1.40. The summed E-state index contributed by atoms with van der Waals surface area (Å²) in [5.74, 6) is 0. The molecular weight excluding hydrogens is 274 g/mol. The van der Waals surface area contributed by atoms with E-state index >= 15 is 0 Å². The Morgan fingerprint density at radius 2 is 1.89 bits per heavy atom.